The third-order valence-electron chi connectivity index (χ3n) is 4.12. The number of pyridine rings is 1. The van der Waals surface area contributed by atoms with Gasteiger partial charge in [-0.3, -0.25) is 9.78 Å². The van der Waals surface area contributed by atoms with Gasteiger partial charge in [0.25, 0.3) is 5.56 Å². The lowest BCUT2D eigenvalue weighted by molar-refractivity contribution is -0.147. The second-order valence-corrected chi connectivity index (χ2v) is 7.19. The first-order chi connectivity index (χ1) is 13.5. The number of hydrogen-bond acceptors (Lipinski definition) is 7. The normalized spacial score (nSPS) is 15.1. The molecule has 0 radical (unpaired) electrons. The fourth-order valence-electron chi connectivity index (χ4n) is 2.61. The third kappa shape index (κ3) is 4.21. The number of nitrogens with zero attached hydrogens (tertiary/aromatic N) is 5. The van der Waals surface area contributed by atoms with Gasteiger partial charge >= 0.3 is 6.01 Å². The van der Waals surface area contributed by atoms with Gasteiger partial charge in [0.05, 0.1) is 25.5 Å². The Hall–Kier alpha value is -2.77. The molecule has 1 atom stereocenters. The van der Waals surface area contributed by atoms with Crippen LogP contribution >= 0.6 is 9.24 Å². The maximum atomic E-state index is 13.9. The number of halogens is 1. The maximum absolute atomic E-state index is 13.9. The molecule has 0 aliphatic carbocycles. The van der Waals surface area contributed by atoms with E-state index < -0.39 is 5.67 Å². The minimum absolute atomic E-state index is 0.0195. The van der Waals surface area contributed by atoms with Crippen LogP contribution in [0.25, 0.3) is 11.3 Å². The summed E-state index contributed by atoms with van der Waals surface area (Å²) in [5, 5.41) is 5.30. The molecule has 144 valence electrons. The summed E-state index contributed by atoms with van der Waals surface area (Å²) in [6, 6.07) is 5.03. The van der Waals surface area contributed by atoms with Crippen LogP contribution in [0, 0.1) is 0 Å². The van der Waals surface area contributed by atoms with E-state index in [2.05, 4.69) is 29.3 Å². The minimum Gasteiger partial charge on any atom is -0.460 e. The van der Waals surface area contributed by atoms with Crippen LogP contribution in [0.3, 0.4) is 0 Å². The van der Waals surface area contributed by atoms with Gasteiger partial charge in [-0.1, -0.05) is 0 Å². The Balaban J connectivity index is 1.50. The van der Waals surface area contributed by atoms with Crippen molar-refractivity contribution >= 4 is 14.5 Å². The van der Waals surface area contributed by atoms with Crippen LogP contribution in [0.15, 0.2) is 47.8 Å². The van der Waals surface area contributed by atoms with Crippen LogP contribution in [0.2, 0.25) is 0 Å². The topological polar surface area (TPSA) is 92.0 Å². The number of rotatable bonds is 6. The van der Waals surface area contributed by atoms with E-state index in [0.717, 1.165) is 10.9 Å². The monoisotopic (exact) mass is 401 g/mol. The van der Waals surface area contributed by atoms with Crippen LogP contribution in [0.1, 0.15) is 5.56 Å². The van der Waals surface area contributed by atoms with Crippen molar-refractivity contribution in [2.45, 2.75) is 12.2 Å². The molecular formula is C18H17FN5O3P. The molecule has 0 amide bonds. The summed E-state index contributed by atoms with van der Waals surface area (Å²) in [5.41, 5.74) is 0.313. The van der Waals surface area contributed by atoms with Gasteiger partial charge in [0, 0.05) is 36.4 Å². The maximum Gasteiger partial charge on any atom is 0.316 e. The second kappa shape index (κ2) is 7.69. The molecule has 3 aromatic rings. The van der Waals surface area contributed by atoms with Crippen LogP contribution in [-0.4, -0.2) is 50.2 Å². The van der Waals surface area contributed by atoms with Crippen molar-refractivity contribution in [3.8, 4) is 17.3 Å². The molecule has 0 bridgehead atoms. The first-order valence-corrected chi connectivity index (χ1v) is 9.08. The Morgan fingerprint density at radius 3 is 2.68 bits per heavy atom. The quantitative estimate of drug-likeness (QED) is 0.563. The molecule has 0 N–H and O–H groups in total. The summed E-state index contributed by atoms with van der Waals surface area (Å²) in [4.78, 5) is 24.4. The molecule has 3 aromatic heterocycles. The highest BCUT2D eigenvalue weighted by molar-refractivity contribution is 7.27. The zero-order valence-corrected chi connectivity index (χ0v) is 15.9. The van der Waals surface area contributed by atoms with Crippen molar-refractivity contribution in [3.63, 3.8) is 0 Å². The average molecular weight is 401 g/mol. The van der Waals surface area contributed by atoms with Crippen molar-refractivity contribution in [3.05, 3.63) is 58.9 Å². The number of ether oxygens (including phenoxy) is 2. The molecule has 4 heterocycles. The lowest BCUT2D eigenvalue weighted by atomic mass is 10.1. The van der Waals surface area contributed by atoms with E-state index in [-0.39, 0.29) is 31.4 Å². The Kier molecular flexibility index (Phi) is 5.11. The highest BCUT2D eigenvalue weighted by Crippen LogP contribution is 2.22. The van der Waals surface area contributed by atoms with E-state index in [1.54, 1.807) is 18.5 Å². The Labute approximate surface area is 162 Å². The molecule has 0 aromatic carbocycles. The van der Waals surface area contributed by atoms with Crippen molar-refractivity contribution in [1.82, 2.24) is 24.7 Å². The highest BCUT2D eigenvalue weighted by Gasteiger charge is 2.40. The molecular weight excluding hydrogens is 384 g/mol. The molecule has 1 unspecified atom stereocenters. The van der Waals surface area contributed by atoms with E-state index in [1.807, 2.05) is 6.07 Å². The first-order valence-electron chi connectivity index (χ1n) is 8.50. The van der Waals surface area contributed by atoms with E-state index >= 15 is 0 Å². The van der Waals surface area contributed by atoms with Crippen LogP contribution in [-0.2, 0) is 11.3 Å². The zero-order chi connectivity index (χ0) is 19.6. The van der Waals surface area contributed by atoms with Gasteiger partial charge < -0.3 is 9.47 Å². The van der Waals surface area contributed by atoms with Crippen molar-refractivity contribution in [2.24, 2.45) is 0 Å². The molecule has 0 saturated carbocycles. The smallest absolute Gasteiger partial charge is 0.316 e. The van der Waals surface area contributed by atoms with Gasteiger partial charge in [-0.15, -0.1) is 9.24 Å². The summed E-state index contributed by atoms with van der Waals surface area (Å²) in [7, 11) is 2.57. The molecule has 0 spiro atoms. The Morgan fingerprint density at radius 2 is 2.00 bits per heavy atom. The highest BCUT2D eigenvalue weighted by atomic mass is 31.0. The number of hydrogen-bond donors (Lipinski definition) is 0. The number of aromatic nitrogens is 5. The summed E-state index contributed by atoms with van der Waals surface area (Å²) < 4.78 is 25.3. The van der Waals surface area contributed by atoms with Gasteiger partial charge in [0.15, 0.2) is 5.67 Å². The SMILES string of the molecule is O=c1ccc(-c2cnc(OCC3(F)COC3)nc2)nn1Cc1cncc(P)c1. The fraction of sp³-hybridized carbons (Fsp3) is 0.278. The van der Waals surface area contributed by atoms with Gasteiger partial charge in [-0.25, -0.2) is 19.0 Å². The van der Waals surface area contributed by atoms with E-state index in [1.165, 1.54) is 23.1 Å². The second-order valence-electron chi connectivity index (χ2n) is 6.53. The third-order valence-corrected chi connectivity index (χ3v) is 4.44. The van der Waals surface area contributed by atoms with E-state index in [0.29, 0.717) is 17.8 Å². The first kappa shape index (κ1) is 18.6. The average Bonchev–Trinajstić information content (AvgIpc) is 2.67. The Morgan fingerprint density at radius 1 is 1.21 bits per heavy atom. The molecule has 10 heteroatoms. The molecule has 1 saturated heterocycles. The molecule has 4 rings (SSSR count). The van der Waals surface area contributed by atoms with E-state index in [9.17, 15) is 9.18 Å². The molecule has 1 aliphatic rings. The van der Waals surface area contributed by atoms with Crippen molar-refractivity contribution < 1.29 is 13.9 Å². The van der Waals surface area contributed by atoms with Gasteiger partial charge in [0.2, 0.25) is 0 Å². The summed E-state index contributed by atoms with van der Waals surface area (Å²) in [6.45, 7) is 0.181. The number of alkyl halides is 1. The van der Waals surface area contributed by atoms with Gasteiger partial charge in [-0.2, -0.15) is 5.10 Å². The zero-order valence-electron chi connectivity index (χ0n) is 14.8. The predicted molar refractivity (Wildman–Crippen MR) is 102 cm³/mol. The van der Waals surface area contributed by atoms with Gasteiger partial charge in [0.1, 0.15) is 6.61 Å². The van der Waals surface area contributed by atoms with E-state index in [4.69, 9.17) is 9.47 Å². The minimum atomic E-state index is -1.47. The lowest BCUT2D eigenvalue weighted by Crippen LogP contribution is -2.50. The van der Waals surface area contributed by atoms with Crippen molar-refractivity contribution in [1.29, 1.82) is 0 Å². The summed E-state index contributed by atoms with van der Waals surface area (Å²) in [5.74, 6) is 0. The molecule has 8 nitrogen and oxygen atoms in total. The van der Waals surface area contributed by atoms with Crippen LogP contribution in [0.5, 0.6) is 6.01 Å². The van der Waals surface area contributed by atoms with Crippen LogP contribution in [0.4, 0.5) is 4.39 Å². The fourth-order valence-corrected chi connectivity index (χ4v) is 2.91. The summed E-state index contributed by atoms with van der Waals surface area (Å²) >= 11 is 0. The van der Waals surface area contributed by atoms with Gasteiger partial charge in [-0.05, 0) is 23.0 Å². The Bertz CT molecular complexity index is 1040. The lowest BCUT2D eigenvalue weighted by Gasteiger charge is -2.32. The largest absolute Gasteiger partial charge is 0.460 e. The standard InChI is InChI=1S/C18H17FN5O3P/c19-18(9-26-10-18)11-27-17-21-5-13(6-22-17)15-1-2-16(25)24(23-15)8-12-3-14(28)7-20-4-12/h1-7H,8-11,28H2. The molecule has 1 aliphatic heterocycles. The molecule has 28 heavy (non-hydrogen) atoms. The predicted octanol–water partition coefficient (Wildman–Crippen LogP) is 0.761. The van der Waals surface area contributed by atoms with Crippen LogP contribution < -0.4 is 15.6 Å². The molecule has 1 fully saturated rings. The summed E-state index contributed by atoms with van der Waals surface area (Å²) in [6.07, 6.45) is 6.44. The van der Waals surface area contributed by atoms with Crippen molar-refractivity contribution in [2.75, 3.05) is 19.8 Å².